The summed E-state index contributed by atoms with van der Waals surface area (Å²) < 4.78 is 0. The molecule has 0 fully saturated rings. The maximum atomic E-state index is 11.6. The smallest absolute Gasteiger partial charge is 0.303 e. The Kier molecular flexibility index (Phi) is 4.69. The van der Waals surface area contributed by atoms with Crippen LogP contribution in [0.25, 0.3) is 0 Å². The van der Waals surface area contributed by atoms with Crippen LogP contribution >= 0.6 is 0 Å². The SMILES string of the molecule is Cc1cccc(NC(=O)CC(C)CC(=O)O)c1. The minimum atomic E-state index is -0.874. The zero-order chi connectivity index (χ0) is 12.8. The van der Waals surface area contributed by atoms with Gasteiger partial charge in [-0.3, -0.25) is 9.59 Å². The maximum absolute atomic E-state index is 11.6. The first-order valence-corrected chi connectivity index (χ1v) is 5.55. The van der Waals surface area contributed by atoms with Crippen LogP contribution in [0, 0.1) is 12.8 Å². The average Bonchev–Trinajstić information content (AvgIpc) is 2.14. The van der Waals surface area contributed by atoms with Gasteiger partial charge in [0.25, 0.3) is 0 Å². The van der Waals surface area contributed by atoms with Crippen LogP contribution < -0.4 is 5.32 Å². The molecule has 92 valence electrons. The van der Waals surface area contributed by atoms with Gasteiger partial charge in [-0.25, -0.2) is 0 Å². The van der Waals surface area contributed by atoms with E-state index >= 15 is 0 Å². The lowest BCUT2D eigenvalue weighted by atomic mass is 10.0. The van der Waals surface area contributed by atoms with E-state index < -0.39 is 5.97 Å². The zero-order valence-corrected chi connectivity index (χ0v) is 10.1. The van der Waals surface area contributed by atoms with Gasteiger partial charge >= 0.3 is 5.97 Å². The van der Waals surface area contributed by atoms with Crippen LogP contribution in [0.5, 0.6) is 0 Å². The van der Waals surface area contributed by atoms with E-state index in [0.29, 0.717) is 0 Å². The lowest BCUT2D eigenvalue weighted by molar-refractivity contribution is -0.138. The molecule has 0 aliphatic heterocycles. The van der Waals surface area contributed by atoms with Gasteiger partial charge in [-0.2, -0.15) is 0 Å². The molecule has 17 heavy (non-hydrogen) atoms. The molecule has 4 heteroatoms. The van der Waals surface area contributed by atoms with Crippen molar-refractivity contribution in [3.8, 4) is 0 Å². The number of nitrogens with one attached hydrogen (secondary N) is 1. The average molecular weight is 235 g/mol. The van der Waals surface area contributed by atoms with Crippen LogP contribution in [0.3, 0.4) is 0 Å². The van der Waals surface area contributed by atoms with Crippen LogP contribution in [0.15, 0.2) is 24.3 Å². The fourth-order valence-electron chi connectivity index (χ4n) is 1.62. The summed E-state index contributed by atoms with van der Waals surface area (Å²) in [7, 11) is 0. The van der Waals surface area contributed by atoms with Gasteiger partial charge in [-0.1, -0.05) is 19.1 Å². The molecule has 1 unspecified atom stereocenters. The van der Waals surface area contributed by atoms with Crippen molar-refractivity contribution in [1.29, 1.82) is 0 Å². The van der Waals surface area contributed by atoms with Gasteiger partial charge in [0.05, 0.1) is 0 Å². The molecule has 0 saturated carbocycles. The number of anilines is 1. The standard InChI is InChI=1S/C13H17NO3/c1-9-4-3-5-11(6-9)14-12(15)7-10(2)8-13(16)17/h3-6,10H,7-8H2,1-2H3,(H,14,15)(H,16,17). The third-order valence-electron chi connectivity index (χ3n) is 2.36. The summed E-state index contributed by atoms with van der Waals surface area (Å²) in [4.78, 5) is 22.1. The molecular formula is C13H17NO3. The molecule has 0 aliphatic carbocycles. The summed E-state index contributed by atoms with van der Waals surface area (Å²) >= 11 is 0. The molecule has 0 bridgehead atoms. The third kappa shape index (κ3) is 5.15. The molecule has 0 aromatic heterocycles. The number of hydrogen-bond donors (Lipinski definition) is 2. The van der Waals surface area contributed by atoms with Gasteiger partial charge in [0.1, 0.15) is 0 Å². The van der Waals surface area contributed by atoms with Crippen LogP contribution in [0.2, 0.25) is 0 Å². The highest BCUT2D eigenvalue weighted by molar-refractivity contribution is 5.91. The summed E-state index contributed by atoms with van der Waals surface area (Å²) in [5.74, 6) is -1.18. The van der Waals surface area contributed by atoms with E-state index in [0.717, 1.165) is 11.3 Å². The number of carboxylic acids is 1. The molecule has 0 saturated heterocycles. The fraction of sp³-hybridized carbons (Fsp3) is 0.385. The quantitative estimate of drug-likeness (QED) is 0.823. The van der Waals surface area contributed by atoms with Crippen molar-refractivity contribution in [2.45, 2.75) is 26.7 Å². The van der Waals surface area contributed by atoms with Gasteiger partial charge in [-0.15, -0.1) is 0 Å². The van der Waals surface area contributed by atoms with E-state index in [1.807, 2.05) is 31.2 Å². The van der Waals surface area contributed by atoms with Gasteiger partial charge in [0.2, 0.25) is 5.91 Å². The lowest BCUT2D eigenvalue weighted by Gasteiger charge is -2.09. The van der Waals surface area contributed by atoms with Crippen LogP contribution in [0.4, 0.5) is 5.69 Å². The van der Waals surface area contributed by atoms with Crippen molar-refractivity contribution in [2.75, 3.05) is 5.32 Å². The molecule has 1 amide bonds. The van der Waals surface area contributed by atoms with Crippen molar-refractivity contribution in [1.82, 2.24) is 0 Å². The van der Waals surface area contributed by atoms with Crippen molar-refractivity contribution in [3.63, 3.8) is 0 Å². The Morgan fingerprint density at radius 2 is 2.06 bits per heavy atom. The zero-order valence-electron chi connectivity index (χ0n) is 10.1. The molecule has 0 spiro atoms. The van der Waals surface area contributed by atoms with Gasteiger partial charge in [0, 0.05) is 18.5 Å². The number of amides is 1. The Hall–Kier alpha value is -1.84. The first kappa shape index (κ1) is 13.2. The lowest BCUT2D eigenvalue weighted by Crippen LogP contribution is -2.16. The van der Waals surface area contributed by atoms with E-state index in [1.54, 1.807) is 6.92 Å². The first-order valence-electron chi connectivity index (χ1n) is 5.55. The molecule has 2 N–H and O–H groups in total. The van der Waals surface area contributed by atoms with E-state index in [4.69, 9.17) is 5.11 Å². The molecule has 1 atom stereocenters. The van der Waals surface area contributed by atoms with Crippen LogP contribution in [0.1, 0.15) is 25.3 Å². The largest absolute Gasteiger partial charge is 0.481 e. The molecule has 1 aromatic rings. The number of carboxylic acid groups (broad SMARTS) is 1. The number of aliphatic carboxylic acids is 1. The minimum Gasteiger partial charge on any atom is -0.481 e. The highest BCUT2D eigenvalue weighted by Crippen LogP contribution is 2.12. The van der Waals surface area contributed by atoms with Crippen molar-refractivity contribution in [3.05, 3.63) is 29.8 Å². The Labute approximate surface area is 101 Å². The molecule has 0 aliphatic rings. The summed E-state index contributed by atoms with van der Waals surface area (Å²) in [5, 5.41) is 11.3. The maximum Gasteiger partial charge on any atom is 0.303 e. The highest BCUT2D eigenvalue weighted by Gasteiger charge is 2.12. The predicted molar refractivity (Wildman–Crippen MR) is 65.8 cm³/mol. The van der Waals surface area contributed by atoms with Crippen molar-refractivity contribution < 1.29 is 14.7 Å². The van der Waals surface area contributed by atoms with E-state index in [9.17, 15) is 9.59 Å². The summed E-state index contributed by atoms with van der Waals surface area (Å²) in [5.41, 5.74) is 1.82. The number of hydrogen-bond acceptors (Lipinski definition) is 2. The van der Waals surface area contributed by atoms with E-state index in [1.165, 1.54) is 0 Å². The topological polar surface area (TPSA) is 66.4 Å². The van der Waals surface area contributed by atoms with E-state index in [2.05, 4.69) is 5.32 Å². The predicted octanol–water partition coefficient (Wildman–Crippen LogP) is 2.43. The Morgan fingerprint density at radius 1 is 1.35 bits per heavy atom. The summed E-state index contributed by atoms with van der Waals surface area (Å²) in [6.45, 7) is 3.70. The Morgan fingerprint density at radius 3 is 2.65 bits per heavy atom. The monoisotopic (exact) mass is 235 g/mol. The van der Waals surface area contributed by atoms with Gasteiger partial charge < -0.3 is 10.4 Å². The fourth-order valence-corrected chi connectivity index (χ4v) is 1.62. The third-order valence-corrected chi connectivity index (χ3v) is 2.36. The minimum absolute atomic E-state index is 0.0151. The second kappa shape index (κ2) is 6.03. The second-order valence-corrected chi connectivity index (χ2v) is 4.32. The van der Waals surface area contributed by atoms with Crippen molar-refractivity contribution >= 4 is 17.6 Å². The summed E-state index contributed by atoms with van der Waals surface area (Å²) in [6, 6.07) is 7.50. The normalized spacial score (nSPS) is 11.9. The molecule has 1 rings (SSSR count). The number of carbonyl (C=O) groups excluding carboxylic acids is 1. The molecular weight excluding hydrogens is 218 g/mol. The van der Waals surface area contributed by atoms with Crippen LogP contribution in [-0.4, -0.2) is 17.0 Å². The molecule has 1 aromatic carbocycles. The van der Waals surface area contributed by atoms with E-state index in [-0.39, 0.29) is 24.7 Å². The Bertz CT molecular complexity index is 415. The number of carbonyl (C=O) groups is 2. The molecule has 0 heterocycles. The van der Waals surface area contributed by atoms with Crippen molar-refractivity contribution in [2.24, 2.45) is 5.92 Å². The first-order chi connectivity index (χ1) is 7.97. The van der Waals surface area contributed by atoms with Gasteiger partial charge in [-0.05, 0) is 30.5 Å². The summed E-state index contributed by atoms with van der Waals surface area (Å²) in [6.07, 6.45) is 0.238. The van der Waals surface area contributed by atoms with Gasteiger partial charge in [0.15, 0.2) is 0 Å². The number of rotatable bonds is 5. The highest BCUT2D eigenvalue weighted by atomic mass is 16.4. The Balaban J connectivity index is 2.47. The molecule has 4 nitrogen and oxygen atoms in total. The molecule has 0 radical (unpaired) electrons. The van der Waals surface area contributed by atoms with Crippen LogP contribution in [-0.2, 0) is 9.59 Å². The number of benzene rings is 1. The number of aryl methyl sites for hydroxylation is 1. The second-order valence-electron chi connectivity index (χ2n) is 4.32.